The summed E-state index contributed by atoms with van der Waals surface area (Å²) in [5.41, 5.74) is 4.54. The summed E-state index contributed by atoms with van der Waals surface area (Å²) in [5, 5.41) is 17.4. The minimum absolute atomic E-state index is 0.00226. The smallest absolute Gasteiger partial charge is 0.333 e. The van der Waals surface area contributed by atoms with Crippen LogP contribution >= 0.6 is 0 Å². The zero-order valence-corrected chi connectivity index (χ0v) is 25.1. The van der Waals surface area contributed by atoms with Crippen LogP contribution in [0.2, 0.25) is 0 Å². The summed E-state index contributed by atoms with van der Waals surface area (Å²) >= 11 is 0. The molecule has 0 spiro atoms. The lowest BCUT2D eigenvalue weighted by molar-refractivity contribution is -0.873. The standard InChI is InChI=1S/C33H41N7O3/c1-24-31(13-8-17-34-24)43-22-21-39(19-6-5-10-27-15-14-26-9-7-18-35-33(26)37-27)20-16-28(25(2)41)38-32-23-36-29-11-3-4-12-30(29)40(32)42/h3-4,8,11-15,17,23,28,42H,5-7,9-10,16,18-22H2,1-2H3,(H,35,37)/p+1/t28-/m0/s1. The molecule has 0 bridgehead atoms. The fourth-order valence-corrected chi connectivity index (χ4v) is 5.42. The number of fused-ring (bicyclic) bond motifs is 2. The molecule has 0 aliphatic carbocycles. The van der Waals surface area contributed by atoms with Crippen molar-refractivity contribution in [2.24, 2.45) is 0 Å². The average molecular weight is 585 g/mol. The predicted molar refractivity (Wildman–Crippen MR) is 167 cm³/mol. The van der Waals surface area contributed by atoms with Crippen LogP contribution < -0.4 is 20.1 Å². The Morgan fingerprint density at radius 2 is 2.00 bits per heavy atom. The van der Waals surface area contributed by atoms with Crippen LogP contribution in [0.4, 0.5) is 11.6 Å². The van der Waals surface area contributed by atoms with Crippen molar-refractivity contribution in [2.45, 2.75) is 58.4 Å². The zero-order chi connectivity index (χ0) is 30.0. The number of nitrogens with one attached hydrogen (secondary N) is 2. The van der Waals surface area contributed by atoms with Gasteiger partial charge in [-0.3, -0.25) is 20.0 Å². The van der Waals surface area contributed by atoms with Crippen LogP contribution in [0, 0.1) is 6.92 Å². The molecular weight excluding hydrogens is 542 g/mol. The molecule has 0 amide bonds. The normalized spacial score (nSPS) is 13.4. The Morgan fingerprint density at radius 1 is 1.12 bits per heavy atom. The number of unbranched alkanes of at least 4 members (excludes halogenated alkanes) is 1. The molecule has 4 aromatic rings. The molecule has 1 aliphatic heterocycles. The molecule has 43 heavy (non-hydrogen) atoms. The van der Waals surface area contributed by atoms with E-state index < -0.39 is 6.04 Å². The van der Waals surface area contributed by atoms with Gasteiger partial charge in [-0.15, -0.1) is 0 Å². The number of carbonyl (C=O) groups is 1. The number of para-hydroxylation sites is 2. The van der Waals surface area contributed by atoms with Crippen molar-refractivity contribution in [3.8, 4) is 5.75 Å². The Bertz CT molecular complexity index is 1530. The monoisotopic (exact) mass is 584 g/mol. The van der Waals surface area contributed by atoms with Crippen molar-refractivity contribution in [1.82, 2.24) is 19.9 Å². The minimum Gasteiger partial charge on any atom is -0.490 e. The molecule has 0 saturated carbocycles. The minimum atomic E-state index is -0.474. The van der Waals surface area contributed by atoms with Crippen LogP contribution in [0.25, 0.3) is 11.0 Å². The third-order valence-electron chi connectivity index (χ3n) is 7.94. The average Bonchev–Trinajstić information content (AvgIpc) is 3.02. The molecule has 0 unspecified atom stereocenters. The number of nitrogens with zero attached hydrogens (tertiary/aromatic N) is 5. The number of benzene rings is 1. The lowest BCUT2D eigenvalue weighted by Crippen LogP contribution is -2.41. The molecule has 1 aliphatic rings. The quantitative estimate of drug-likeness (QED) is 0.106. The van der Waals surface area contributed by atoms with Crippen LogP contribution in [-0.2, 0) is 17.6 Å². The van der Waals surface area contributed by atoms with Crippen LogP contribution in [0.15, 0.2) is 60.9 Å². The molecule has 0 saturated heterocycles. The summed E-state index contributed by atoms with van der Waals surface area (Å²) in [6.07, 6.45) is 9.10. The maximum atomic E-state index is 12.7. The van der Waals surface area contributed by atoms with E-state index >= 15 is 0 Å². The second-order valence-corrected chi connectivity index (χ2v) is 11.1. The Kier molecular flexibility index (Phi) is 10.3. The maximum Gasteiger partial charge on any atom is 0.333 e. The number of hydrogen-bond donors (Lipinski definition) is 3. The first-order valence-corrected chi connectivity index (χ1v) is 15.2. The lowest BCUT2D eigenvalue weighted by Gasteiger charge is -2.24. The van der Waals surface area contributed by atoms with Crippen molar-refractivity contribution in [1.29, 1.82) is 0 Å². The van der Waals surface area contributed by atoms with Gasteiger partial charge >= 0.3 is 5.82 Å². The molecular formula is C33H42N7O3+. The largest absolute Gasteiger partial charge is 0.490 e. The summed E-state index contributed by atoms with van der Waals surface area (Å²) in [6, 6.07) is 15.0. The molecule has 1 atom stereocenters. The number of Topliss-reactive ketones (excluding diaryl/α,β-unsaturated/α-hetero) is 1. The Morgan fingerprint density at radius 3 is 2.86 bits per heavy atom. The second kappa shape index (κ2) is 14.7. The highest BCUT2D eigenvalue weighted by atomic mass is 16.5. The van der Waals surface area contributed by atoms with E-state index in [9.17, 15) is 10.0 Å². The third kappa shape index (κ3) is 8.16. The molecule has 4 heterocycles. The molecule has 10 nitrogen and oxygen atoms in total. The summed E-state index contributed by atoms with van der Waals surface area (Å²) < 4.78 is 7.11. The van der Waals surface area contributed by atoms with E-state index in [1.165, 1.54) is 5.56 Å². The number of pyridine rings is 2. The van der Waals surface area contributed by atoms with Gasteiger partial charge in [-0.1, -0.05) is 18.2 Å². The van der Waals surface area contributed by atoms with Crippen LogP contribution in [-0.4, -0.2) is 69.7 Å². The first kappa shape index (κ1) is 30.2. The SMILES string of the molecule is CC(=O)[C@H](CCN(CCCCc1ccc2c(n1)NCCC2)CCOc1cccnc1C)Nc1cnc2ccccc2[n+]1O. The second-order valence-electron chi connectivity index (χ2n) is 11.1. The van der Waals surface area contributed by atoms with Crippen molar-refractivity contribution in [3.05, 3.63) is 77.9 Å². The number of carbonyl (C=O) groups excluding carboxylic acids is 1. The van der Waals surface area contributed by atoms with Gasteiger partial charge in [0.05, 0.1) is 5.69 Å². The maximum absolute atomic E-state index is 12.7. The van der Waals surface area contributed by atoms with E-state index in [0.29, 0.717) is 36.4 Å². The van der Waals surface area contributed by atoms with Crippen LogP contribution in [0.3, 0.4) is 0 Å². The summed E-state index contributed by atoms with van der Waals surface area (Å²) in [7, 11) is 0. The Labute approximate surface area is 253 Å². The van der Waals surface area contributed by atoms with E-state index in [4.69, 9.17) is 9.72 Å². The molecule has 10 heteroatoms. The fourth-order valence-electron chi connectivity index (χ4n) is 5.42. The molecule has 226 valence electrons. The van der Waals surface area contributed by atoms with E-state index in [1.807, 2.05) is 37.3 Å². The van der Waals surface area contributed by atoms with Crippen molar-refractivity contribution in [2.75, 3.05) is 43.4 Å². The van der Waals surface area contributed by atoms with Gasteiger partial charge in [0, 0.05) is 37.9 Å². The summed E-state index contributed by atoms with van der Waals surface area (Å²) in [6.45, 7) is 7.32. The highest BCUT2D eigenvalue weighted by Gasteiger charge is 2.24. The van der Waals surface area contributed by atoms with Gasteiger partial charge in [-0.25, -0.2) is 9.97 Å². The number of aryl methyl sites for hydroxylation is 3. The highest BCUT2D eigenvalue weighted by molar-refractivity contribution is 5.84. The van der Waals surface area contributed by atoms with E-state index in [0.717, 1.165) is 79.4 Å². The lowest BCUT2D eigenvalue weighted by atomic mass is 10.1. The topological polar surface area (TPSA) is 116 Å². The van der Waals surface area contributed by atoms with Crippen molar-refractivity contribution >= 4 is 28.5 Å². The van der Waals surface area contributed by atoms with Gasteiger partial charge in [-0.05, 0) is 93.1 Å². The molecule has 0 fully saturated rings. The Hall–Kier alpha value is -4.31. The number of ketones is 1. The van der Waals surface area contributed by atoms with Gasteiger partial charge < -0.3 is 15.3 Å². The van der Waals surface area contributed by atoms with Crippen molar-refractivity contribution < 1.29 is 19.5 Å². The van der Waals surface area contributed by atoms with Crippen LogP contribution in [0.5, 0.6) is 5.75 Å². The highest BCUT2D eigenvalue weighted by Crippen LogP contribution is 2.20. The number of aromatic nitrogens is 4. The first-order chi connectivity index (χ1) is 21.0. The fraction of sp³-hybridized carbons (Fsp3) is 0.424. The number of hydrogen-bond acceptors (Lipinski definition) is 9. The first-order valence-electron chi connectivity index (χ1n) is 15.2. The molecule has 1 aromatic carbocycles. The summed E-state index contributed by atoms with van der Waals surface area (Å²) in [5.74, 6) is 2.21. The number of ether oxygens (including phenoxy) is 1. The van der Waals surface area contributed by atoms with E-state index in [-0.39, 0.29) is 5.78 Å². The molecule has 0 radical (unpaired) electrons. The zero-order valence-electron chi connectivity index (χ0n) is 25.1. The van der Waals surface area contributed by atoms with Crippen molar-refractivity contribution in [3.63, 3.8) is 0 Å². The predicted octanol–water partition coefficient (Wildman–Crippen LogP) is 4.38. The molecule has 3 N–H and O–H groups in total. The van der Waals surface area contributed by atoms with E-state index in [1.54, 1.807) is 25.4 Å². The number of anilines is 2. The number of rotatable bonds is 15. The Balaban J connectivity index is 1.19. The third-order valence-corrected chi connectivity index (χ3v) is 7.94. The van der Waals surface area contributed by atoms with Gasteiger partial charge in [-0.2, -0.15) is 0 Å². The molecule has 3 aromatic heterocycles. The van der Waals surface area contributed by atoms with Crippen LogP contribution in [0.1, 0.15) is 49.6 Å². The molecule has 5 rings (SSSR count). The summed E-state index contributed by atoms with van der Waals surface area (Å²) in [4.78, 5) is 28.6. The van der Waals surface area contributed by atoms with E-state index in [2.05, 4.69) is 37.6 Å². The van der Waals surface area contributed by atoms with Gasteiger partial charge in [0.2, 0.25) is 0 Å². The van der Waals surface area contributed by atoms with Gasteiger partial charge in [0.1, 0.15) is 29.9 Å². The van der Waals surface area contributed by atoms with Gasteiger partial charge in [0.25, 0.3) is 0 Å². The van der Waals surface area contributed by atoms with Gasteiger partial charge in [0.15, 0.2) is 17.3 Å².